The maximum Gasteiger partial charge on any atom is 0.410 e. The van der Waals surface area contributed by atoms with Crippen LogP contribution in [0.4, 0.5) is 4.79 Å². The van der Waals surface area contributed by atoms with Gasteiger partial charge in [0.1, 0.15) is 5.60 Å². The van der Waals surface area contributed by atoms with E-state index in [1.807, 2.05) is 39.6 Å². The molecule has 0 aliphatic carbocycles. The Hall–Kier alpha value is -1.34. The topological polar surface area (TPSA) is 79.3 Å². The Labute approximate surface area is 132 Å². The van der Waals surface area contributed by atoms with Crippen LogP contribution >= 0.6 is 0 Å². The predicted octanol–water partition coefficient (Wildman–Crippen LogP) is 1.42. The van der Waals surface area contributed by atoms with Gasteiger partial charge < -0.3 is 19.5 Å². The highest BCUT2D eigenvalue weighted by Crippen LogP contribution is 2.31. The summed E-state index contributed by atoms with van der Waals surface area (Å²) in [5.74, 6) is -0.868. The molecule has 22 heavy (non-hydrogen) atoms. The summed E-state index contributed by atoms with van der Waals surface area (Å²) in [4.78, 5) is 26.7. The summed E-state index contributed by atoms with van der Waals surface area (Å²) < 4.78 is 10.6. The van der Waals surface area contributed by atoms with Crippen LogP contribution in [0.3, 0.4) is 0 Å². The highest BCUT2D eigenvalue weighted by Gasteiger charge is 2.50. The third-order valence-electron chi connectivity index (χ3n) is 3.69. The molecule has 0 saturated carbocycles. The maximum atomic E-state index is 12.0. The molecule has 1 amide bonds. The van der Waals surface area contributed by atoms with E-state index in [-0.39, 0.29) is 6.42 Å². The van der Waals surface area contributed by atoms with Crippen LogP contribution in [0.1, 0.15) is 34.1 Å². The Morgan fingerprint density at radius 3 is 2.36 bits per heavy atom. The van der Waals surface area contributed by atoms with Gasteiger partial charge in [-0.3, -0.25) is 9.69 Å². The zero-order chi connectivity index (χ0) is 17.0. The van der Waals surface area contributed by atoms with Gasteiger partial charge in [0.15, 0.2) is 0 Å². The second kappa shape index (κ2) is 7.28. The van der Waals surface area contributed by atoms with Gasteiger partial charge in [-0.1, -0.05) is 0 Å². The van der Waals surface area contributed by atoms with Crippen molar-refractivity contribution in [3.63, 3.8) is 0 Å². The van der Waals surface area contributed by atoms with Gasteiger partial charge in [0.2, 0.25) is 0 Å². The average Bonchev–Trinajstić information content (AvgIpc) is 2.30. The molecule has 0 unspecified atom stereocenters. The molecule has 1 rings (SSSR count). The van der Waals surface area contributed by atoms with Gasteiger partial charge in [0, 0.05) is 26.2 Å². The van der Waals surface area contributed by atoms with Gasteiger partial charge >= 0.3 is 12.1 Å². The lowest BCUT2D eigenvalue weighted by Crippen LogP contribution is -2.71. The van der Waals surface area contributed by atoms with E-state index in [0.29, 0.717) is 32.8 Å². The Morgan fingerprint density at radius 2 is 1.91 bits per heavy atom. The fourth-order valence-electron chi connectivity index (χ4n) is 2.47. The molecular weight excluding hydrogens is 288 g/mol. The molecule has 1 fully saturated rings. The zero-order valence-electron chi connectivity index (χ0n) is 14.2. The second-order valence-corrected chi connectivity index (χ2v) is 6.75. The number of ether oxygens (including phenoxy) is 2. The molecule has 1 N–H and O–H groups in total. The quantitative estimate of drug-likeness (QED) is 0.716. The molecule has 7 nitrogen and oxygen atoms in total. The molecule has 0 aromatic rings. The van der Waals surface area contributed by atoms with E-state index < -0.39 is 23.2 Å². The number of carbonyl (C=O) groups excluding carboxylic acids is 1. The number of nitrogens with zero attached hydrogens (tertiary/aromatic N) is 2. The number of carboxylic acids is 1. The summed E-state index contributed by atoms with van der Waals surface area (Å²) in [7, 11) is 1.87. The van der Waals surface area contributed by atoms with Crippen molar-refractivity contribution >= 4 is 12.1 Å². The minimum absolute atomic E-state index is 0.00504. The number of rotatable bonds is 7. The molecule has 1 aliphatic heterocycles. The van der Waals surface area contributed by atoms with E-state index in [4.69, 9.17) is 14.6 Å². The van der Waals surface area contributed by atoms with Crippen LogP contribution in [0.15, 0.2) is 0 Å². The Balaban J connectivity index is 2.62. The average molecular weight is 316 g/mol. The van der Waals surface area contributed by atoms with Crippen LogP contribution in [0.5, 0.6) is 0 Å². The van der Waals surface area contributed by atoms with Gasteiger partial charge in [0.25, 0.3) is 0 Å². The van der Waals surface area contributed by atoms with E-state index in [0.717, 1.165) is 0 Å². The van der Waals surface area contributed by atoms with E-state index in [2.05, 4.69) is 0 Å². The number of likely N-dealkylation sites (tertiary alicyclic amines) is 1. The molecule has 1 aliphatic rings. The van der Waals surface area contributed by atoms with Crippen LogP contribution in [-0.2, 0) is 14.3 Å². The maximum absolute atomic E-state index is 12.0. The SMILES string of the molecule is CCOCCN(C)C1(CC(=O)O)CN(C(=O)OC(C)(C)C)C1. The van der Waals surface area contributed by atoms with Crippen LogP contribution in [0, 0.1) is 0 Å². The third-order valence-corrected chi connectivity index (χ3v) is 3.69. The Bertz CT molecular complexity index is 399. The lowest BCUT2D eigenvalue weighted by molar-refractivity contribution is -0.145. The van der Waals surface area contributed by atoms with Gasteiger partial charge in [-0.05, 0) is 34.7 Å². The van der Waals surface area contributed by atoms with Crippen molar-refractivity contribution in [2.75, 3.05) is 39.9 Å². The van der Waals surface area contributed by atoms with Crippen molar-refractivity contribution in [3.8, 4) is 0 Å². The van der Waals surface area contributed by atoms with Gasteiger partial charge in [0.05, 0.1) is 18.6 Å². The smallest absolute Gasteiger partial charge is 0.410 e. The van der Waals surface area contributed by atoms with E-state index in [1.165, 1.54) is 0 Å². The molecule has 0 spiro atoms. The largest absolute Gasteiger partial charge is 0.481 e. The first-order chi connectivity index (χ1) is 10.1. The zero-order valence-corrected chi connectivity index (χ0v) is 14.2. The summed E-state index contributed by atoms with van der Waals surface area (Å²) in [5.41, 5.74) is -1.09. The van der Waals surface area contributed by atoms with Crippen molar-refractivity contribution in [2.45, 2.75) is 45.3 Å². The summed E-state index contributed by atoms with van der Waals surface area (Å²) in [6.45, 7) is 9.86. The number of hydrogen-bond acceptors (Lipinski definition) is 5. The van der Waals surface area contributed by atoms with E-state index >= 15 is 0 Å². The number of hydrogen-bond donors (Lipinski definition) is 1. The van der Waals surface area contributed by atoms with E-state index in [9.17, 15) is 9.59 Å². The van der Waals surface area contributed by atoms with Gasteiger partial charge in [-0.25, -0.2) is 4.79 Å². The minimum Gasteiger partial charge on any atom is -0.481 e. The lowest BCUT2D eigenvalue weighted by atomic mass is 9.85. The summed E-state index contributed by atoms with van der Waals surface area (Å²) in [6.07, 6.45) is -0.402. The molecule has 128 valence electrons. The second-order valence-electron chi connectivity index (χ2n) is 6.75. The normalized spacial score (nSPS) is 17.3. The summed E-state index contributed by atoms with van der Waals surface area (Å²) in [6, 6.07) is 0. The standard InChI is InChI=1S/C15H28N2O5/c1-6-21-8-7-16(5)15(9-12(18)19)10-17(11-15)13(20)22-14(2,3)4/h6-11H2,1-5H3,(H,18,19). The number of aliphatic carboxylic acids is 1. The third kappa shape index (κ3) is 5.14. The highest BCUT2D eigenvalue weighted by atomic mass is 16.6. The highest BCUT2D eigenvalue weighted by molar-refractivity contribution is 5.73. The Kier molecular flexibility index (Phi) is 6.19. The first kappa shape index (κ1) is 18.7. The molecule has 0 atom stereocenters. The van der Waals surface area contributed by atoms with Gasteiger partial charge in [-0.15, -0.1) is 0 Å². The van der Waals surface area contributed by atoms with Crippen molar-refractivity contribution in [1.82, 2.24) is 9.80 Å². The van der Waals surface area contributed by atoms with Crippen molar-refractivity contribution in [1.29, 1.82) is 0 Å². The molecule has 1 heterocycles. The molecular formula is C15H28N2O5. The first-order valence-electron chi connectivity index (χ1n) is 7.58. The van der Waals surface area contributed by atoms with Crippen LogP contribution < -0.4 is 0 Å². The van der Waals surface area contributed by atoms with Crippen LogP contribution in [-0.4, -0.2) is 78.0 Å². The first-order valence-corrected chi connectivity index (χ1v) is 7.58. The Morgan fingerprint density at radius 1 is 1.32 bits per heavy atom. The van der Waals surface area contributed by atoms with E-state index in [1.54, 1.807) is 4.90 Å². The molecule has 0 aromatic heterocycles. The number of likely N-dealkylation sites (N-methyl/N-ethyl adjacent to an activating group) is 1. The van der Waals surface area contributed by atoms with Crippen LogP contribution in [0.2, 0.25) is 0 Å². The number of carbonyl (C=O) groups is 2. The fraction of sp³-hybridized carbons (Fsp3) is 0.867. The monoisotopic (exact) mass is 316 g/mol. The fourth-order valence-corrected chi connectivity index (χ4v) is 2.47. The van der Waals surface area contributed by atoms with Crippen molar-refractivity contribution < 1.29 is 24.2 Å². The minimum atomic E-state index is -0.868. The van der Waals surface area contributed by atoms with Gasteiger partial charge in [-0.2, -0.15) is 0 Å². The van der Waals surface area contributed by atoms with Crippen LogP contribution in [0.25, 0.3) is 0 Å². The summed E-state index contributed by atoms with van der Waals surface area (Å²) >= 11 is 0. The van der Waals surface area contributed by atoms with Crippen molar-refractivity contribution in [2.24, 2.45) is 0 Å². The molecule has 0 aromatic carbocycles. The molecule has 1 saturated heterocycles. The molecule has 0 radical (unpaired) electrons. The number of carboxylic acid groups (broad SMARTS) is 1. The van der Waals surface area contributed by atoms with Crippen molar-refractivity contribution in [3.05, 3.63) is 0 Å². The lowest BCUT2D eigenvalue weighted by Gasteiger charge is -2.53. The predicted molar refractivity (Wildman–Crippen MR) is 81.9 cm³/mol. The summed E-state index contributed by atoms with van der Waals surface area (Å²) in [5, 5.41) is 9.15. The molecule has 7 heteroatoms. The number of amides is 1. The molecule has 0 bridgehead atoms.